The molecule has 1 aliphatic heterocycles. The summed E-state index contributed by atoms with van der Waals surface area (Å²) in [6.45, 7) is 2.09. The van der Waals surface area contributed by atoms with Gasteiger partial charge in [0, 0.05) is 5.92 Å². The van der Waals surface area contributed by atoms with Gasteiger partial charge in [-0.25, -0.2) is 0 Å². The van der Waals surface area contributed by atoms with Crippen LogP contribution in [-0.2, 0) is 4.79 Å². The number of thioether (sulfide) groups is 1. The van der Waals surface area contributed by atoms with Crippen molar-refractivity contribution in [2.45, 2.75) is 31.6 Å². The van der Waals surface area contributed by atoms with Crippen LogP contribution < -0.4 is 10.7 Å². The van der Waals surface area contributed by atoms with Gasteiger partial charge < -0.3 is 5.32 Å². The second-order valence-electron chi connectivity index (χ2n) is 3.32. The third-order valence-electron chi connectivity index (χ3n) is 2.11. The van der Waals surface area contributed by atoms with Crippen molar-refractivity contribution < 1.29 is 4.79 Å². The van der Waals surface area contributed by atoms with Gasteiger partial charge in [0.05, 0.1) is 5.37 Å². The normalized spacial score (nSPS) is 26.5. The summed E-state index contributed by atoms with van der Waals surface area (Å²) in [4.78, 5) is 11.3. The van der Waals surface area contributed by atoms with E-state index in [0.29, 0.717) is 5.37 Å². The van der Waals surface area contributed by atoms with Crippen molar-refractivity contribution in [1.29, 1.82) is 0 Å². The van der Waals surface area contributed by atoms with Crippen LogP contribution in [-0.4, -0.2) is 16.4 Å². The largest absolute Gasteiger partial charge is 0.303 e. The van der Waals surface area contributed by atoms with E-state index < -0.39 is 0 Å². The number of rotatable bonds is 2. The van der Waals surface area contributed by atoms with E-state index >= 15 is 0 Å². The first-order valence-electron chi connectivity index (χ1n) is 4.60. The highest BCUT2D eigenvalue weighted by atomic mass is 32.2. The molecule has 2 rings (SSSR count). The number of nitrogens with one attached hydrogen (secondary N) is 2. The summed E-state index contributed by atoms with van der Waals surface area (Å²) in [5.41, 5.74) is 2.96. The molecule has 4 nitrogen and oxygen atoms in total. The highest BCUT2D eigenvalue weighted by Crippen LogP contribution is 2.29. The first-order chi connectivity index (χ1) is 6.29. The summed E-state index contributed by atoms with van der Waals surface area (Å²) in [6, 6.07) is 0. The van der Waals surface area contributed by atoms with E-state index in [4.69, 9.17) is 0 Å². The van der Waals surface area contributed by atoms with Crippen LogP contribution in [0.15, 0.2) is 5.10 Å². The van der Waals surface area contributed by atoms with E-state index in [1.165, 1.54) is 0 Å². The Morgan fingerprint density at radius 3 is 3.08 bits per heavy atom. The van der Waals surface area contributed by atoms with Gasteiger partial charge in [-0.15, -0.1) is 0 Å². The third-order valence-corrected chi connectivity index (χ3v) is 3.25. The fourth-order valence-corrected chi connectivity index (χ4v) is 1.91. The summed E-state index contributed by atoms with van der Waals surface area (Å²) in [5, 5.41) is 7.91. The highest BCUT2D eigenvalue weighted by molar-refractivity contribution is 8.14. The number of amidine groups is 1. The Balaban J connectivity index is 1.79. The Morgan fingerprint density at radius 1 is 1.77 bits per heavy atom. The molecular weight excluding hydrogens is 186 g/mol. The predicted octanol–water partition coefficient (Wildman–Crippen LogP) is 0.856. The first kappa shape index (κ1) is 8.87. The van der Waals surface area contributed by atoms with Crippen LogP contribution in [0, 0.1) is 5.92 Å². The van der Waals surface area contributed by atoms with E-state index in [2.05, 4.69) is 22.8 Å². The third kappa shape index (κ3) is 2.15. The number of carbonyl (C=O) groups is 1. The SMILES string of the molecule is CCC1NN=C(NC(=O)C2CC2)S1. The van der Waals surface area contributed by atoms with Crippen LogP contribution in [0.1, 0.15) is 26.2 Å². The minimum Gasteiger partial charge on any atom is -0.303 e. The number of hydrogen-bond acceptors (Lipinski definition) is 4. The predicted molar refractivity (Wildman–Crippen MR) is 53.1 cm³/mol. The summed E-state index contributed by atoms with van der Waals surface area (Å²) >= 11 is 1.59. The lowest BCUT2D eigenvalue weighted by Crippen LogP contribution is -2.28. The molecule has 1 saturated carbocycles. The van der Waals surface area contributed by atoms with Crippen LogP contribution in [0.4, 0.5) is 0 Å². The van der Waals surface area contributed by atoms with Gasteiger partial charge in [-0.3, -0.25) is 10.2 Å². The minimum atomic E-state index is 0.129. The molecule has 1 unspecified atom stereocenters. The first-order valence-corrected chi connectivity index (χ1v) is 5.48. The molecule has 1 aliphatic carbocycles. The van der Waals surface area contributed by atoms with Gasteiger partial charge in [-0.05, 0) is 19.3 Å². The number of amides is 1. The maximum Gasteiger partial charge on any atom is 0.229 e. The molecule has 1 amide bonds. The van der Waals surface area contributed by atoms with E-state index in [9.17, 15) is 4.79 Å². The number of hydrogen-bond donors (Lipinski definition) is 2. The molecule has 0 spiro atoms. The number of hydrazone groups is 1. The van der Waals surface area contributed by atoms with Crippen molar-refractivity contribution in [2.24, 2.45) is 11.0 Å². The van der Waals surface area contributed by atoms with Crippen molar-refractivity contribution in [3.05, 3.63) is 0 Å². The zero-order chi connectivity index (χ0) is 9.26. The molecule has 0 aromatic heterocycles. The van der Waals surface area contributed by atoms with Crippen molar-refractivity contribution in [2.75, 3.05) is 0 Å². The molecule has 13 heavy (non-hydrogen) atoms. The van der Waals surface area contributed by atoms with Gasteiger partial charge in [-0.2, -0.15) is 5.10 Å². The van der Waals surface area contributed by atoms with Gasteiger partial charge in [0.2, 0.25) is 5.91 Å². The van der Waals surface area contributed by atoms with E-state index in [1.807, 2.05) is 0 Å². The summed E-state index contributed by atoms with van der Waals surface area (Å²) in [5.74, 6) is 0.383. The fraction of sp³-hybridized carbons (Fsp3) is 0.750. The average Bonchev–Trinajstić information content (AvgIpc) is 2.88. The maximum atomic E-state index is 11.3. The lowest BCUT2D eigenvalue weighted by Gasteiger charge is -2.04. The Labute approximate surface area is 81.5 Å². The molecule has 0 saturated heterocycles. The lowest BCUT2D eigenvalue weighted by atomic mass is 10.4. The van der Waals surface area contributed by atoms with Gasteiger partial charge >= 0.3 is 0 Å². The molecule has 0 aromatic rings. The molecule has 72 valence electrons. The van der Waals surface area contributed by atoms with E-state index in [0.717, 1.165) is 24.4 Å². The van der Waals surface area contributed by atoms with Gasteiger partial charge in [0.15, 0.2) is 5.17 Å². The van der Waals surface area contributed by atoms with Crippen LogP contribution in [0.3, 0.4) is 0 Å². The average molecular weight is 199 g/mol. The molecule has 1 fully saturated rings. The highest BCUT2D eigenvalue weighted by Gasteiger charge is 2.31. The molecule has 2 aliphatic rings. The van der Waals surface area contributed by atoms with Crippen LogP contribution >= 0.6 is 11.8 Å². The van der Waals surface area contributed by atoms with Crippen LogP contribution in [0.25, 0.3) is 0 Å². The number of nitrogens with zero attached hydrogens (tertiary/aromatic N) is 1. The molecule has 2 N–H and O–H groups in total. The monoisotopic (exact) mass is 199 g/mol. The van der Waals surface area contributed by atoms with Gasteiger partial charge in [0.1, 0.15) is 0 Å². The Bertz CT molecular complexity index is 250. The molecule has 5 heteroatoms. The maximum absolute atomic E-state index is 11.3. The molecule has 0 radical (unpaired) electrons. The quantitative estimate of drug-likeness (QED) is 0.693. The molecule has 0 aromatic carbocycles. The minimum absolute atomic E-state index is 0.129. The Hall–Kier alpha value is -0.710. The molecule has 0 bridgehead atoms. The van der Waals surface area contributed by atoms with Crippen molar-refractivity contribution in [1.82, 2.24) is 10.7 Å². The van der Waals surface area contributed by atoms with Gasteiger partial charge in [-0.1, -0.05) is 18.7 Å². The zero-order valence-electron chi connectivity index (χ0n) is 7.54. The molecule has 1 heterocycles. The van der Waals surface area contributed by atoms with E-state index in [-0.39, 0.29) is 11.8 Å². The number of carbonyl (C=O) groups excluding carboxylic acids is 1. The van der Waals surface area contributed by atoms with Crippen LogP contribution in [0.5, 0.6) is 0 Å². The summed E-state index contributed by atoms with van der Waals surface area (Å²) in [7, 11) is 0. The smallest absolute Gasteiger partial charge is 0.229 e. The summed E-state index contributed by atoms with van der Waals surface area (Å²) < 4.78 is 0. The molecular formula is C8H13N3OS. The van der Waals surface area contributed by atoms with Crippen LogP contribution in [0.2, 0.25) is 0 Å². The van der Waals surface area contributed by atoms with Gasteiger partial charge in [0.25, 0.3) is 0 Å². The Morgan fingerprint density at radius 2 is 2.54 bits per heavy atom. The standard InChI is InChI=1S/C8H13N3OS/c1-2-6-10-11-8(13-6)9-7(12)5-3-4-5/h5-6,10H,2-4H2,1H3,(H,9,11,12). The topological polar surface area (TPSA) is 53.5 Å². The Kier molecular flexibility index (Phi) is 2.44. The lowest BCUT2D eigenvalue weighted by molar-refractivity contribution is -0.120. The van der Waals surface area contributed by atoms with Crippen molar-refractivity contribution >= 4 is 22.8 Å². The molecule has 1 atom stereocenters. The fourth-order valence-electron chi connectivity index (χ4n) is 1.10. The zero-order valence-corrected chi connectivity index (χ0v) is 8.36. The second kappa shape index (κ2) is 3.57. The second-order valence-corrected chi connectivity index (χ2v) is 4.52. The summed E-state index contributed by atoms with van der Waals surface area (Å²) in [6.07, 6.45) is 3.08. The van der Waals surface area contributed by atoms with Crippen molar-refractivity contribution in [3.63, 3.8) is 0 Å². The van der Waals surface area contributed by atoms with E-state index in [1.54, 1.807) is 11.8 Å². The van der Waals surface area contributed by atoms with Crippen molar-refractivity contribution in [3.8, 4) is 0 Å².